The fourth-order valence-electron chi connectivity index (χ4n) is 1.85. The molecule has 5 nitrogen and oxygen atoms in total. The van der Waals surface area contributed by atoms with Crippen molar-refractivity contribution in [2.75, 3.05) is 6.61 Å². The largest absolute Gasteiger partial charge is 0.506 e. The molecule has 0 radical (unpaired) electrons. The molecule has 0 saturated carbocycles. The second-order valence-corrected chi connectivity index (χ2v) is 3.72. The van der Waals surface area contributed by atoms with Crippen LogP contribution in [0.5, 0.6) is 11.5 Å². The van der Waals surface area contributed by atoms with E-state index in [4.69, 9.17) is 10.6 Å². The van der Waals surface area contributed by atoms with Gasteiger partial charge >= 0.3 is 0 Å². The standard InChI is InChI=1S/C13H14N2O3/c1-2-18-11-7-10(13(17)15-14)12(16)9-6-4-3-5-8(9)11/h3-7,16H,2,14H2,1H3,(H,15,17). The lowest BCUT2D eigenvalue weighted by Crippen LogP contribution is -2.30. The molecule has 0 aliphatic rings. The maximum absolute atomic E-state index is 11.6. The summed E-state index contributed by atoms with van der Waals surface area (Å²) >= 11 is 0. The molecular weight excluding hydrogens is 232 g/mol. The normalized spacial score (nSPS) is 10.3. The maximum Gasteiger partial charge on any atom is 0.269 e. The van der Waals surface area contributed by atoms with E-state index in [1.807, 2.05) is 24.5 Å². The number of hydrazine groups is 1. The first kappa shape index (κ1) is 12.2. The van der Waals surface area contributed by atoms with E-state index >= 15 is 0 Å². The summed E-state index contributed by atoms with van der Waals surface area (Å²) in [5.41, 5.74) is 2.10. The molecule has 2 rings (SSSR count). The number of nitrogens with one attached hydrogen (secondary N) is 1. The van der Waals surface area contributed by atoms with Crippen LogP contribution in [0.15, 0.2) is 30.3 Å². The molecule has 0 atom stereocenters. The van der Waals surface area contributed by atoms with E-state index in [1.54, 1.807) is 12.1 Å². The zero-order valence-electron chi connectivity index (χ0n) is 9.93. The van der Waals surface area contributed by atoms with Crippen LogP contribution in [0.3, 0.4) is 0 Å². The number of hydrogen-bond acceptors (Lipinski definition) is 4. The van der Waals surface area contributed by atoms with Crippen LogP contribution in [-0.2, 0) is 0 Å². The van der Waals surface area contributed by atoms with Gasteiger partial charge in [-0.25, -0.2) is 5.84 Å². The molecule has 1 amide bonds. The topological polar surface area (TPSA) is 84.6 Å². The highest BCUT2D eigenvalue weighted by molar-refractivity contribution is 6.05. The van der Waals surface area contributed by atoms with Gasteiger partial charge in [0.15, 0.2) is 0 Å². The third kappa shape index (κ3) is 1.96. The fourth-order valence-corrected chi connectivity index (χ4v) is 1.85. The first-order valence-corrected chi connectivity index (χ1v) is 5.57. The average molecular weight is 246 g/mol. The molecule has 18 heavy (non-hydrogen) atoms. The summed E-state index contributed by atoms with van der Waals surface area (Å²) in [6.07, 6.45) is 0. The lowest BCUT2D eigenvalue weighted by molar-refractivity contribution is 0.0951. The monoisotopic (exact) mass is 246 g/mol. The summed E-state index contributed by atoms with van der Waals surface area (Å²) in [5, 5.41) is 11.4. The van der Waals surface area contributed by atoms with Crippen molar-refractivity contribution in [3.05, 3.63) is 35.9 Å². The number of ether oxygens (including phenoxy) is 1. The second kappa shape index (κ2) is 4.93. The number of phenolic OH excluding ortho intramolecular Hbond substituents is 1. The molecule has 2 aromatic carbocycles. The predicted octanol–water partition coefficient (Wildman–Crippen LogP) is 1.55. The third-order valence-corrected chi connectivity index (χ3v) is 2.65. The number of hydrogen-bond donors (Lipinski definition) is 3. The van der Waals surface area contributed by atoms with Crippen molar-refractivity contribution in [2.45, 2.75) is 6.92 Å². The van der Waals surface area contributed by atoms with E-state index < -0.39 is 5.91 Å². The minimum absolute atomic E-state index is 0.0969. The first-order valence-electron chi connectivity index (χ1n) is 5.57. The molecular formula is C13H14N2O3. The molecule has 0 aliphatic heterocycles. The first-order chi connectivity index (χ1) is 8.69. The van der Waals surface area contributed by atoms with Crippen LogP contribution >= 0.6 is 0 Å². The van der Waals surface area contributed by atoms with Gasteiger partial charge in [0, 0.05) is 10.8 Å². The Morgan fingerprint density at radius 3 is 2.67 bits per heavy atom. The van der Waals surface area contributed by atoms with Crippen LogP contribution in [0, 0.1) is 0 Å². The second-order valence-electron chi connectivity index (χ2n) is 3.72. The Hall–Kier alpha value is -2.27. The van der Waals surface area contributed by atoms with Gasteiger partial charge < -0.3 is 9.84 Å². The van der Waals surface area contributed by atoms with Gasteiger partial charge in [-0.1, -0.05) is 24.3 Å². The van der Waals surface area contributed by atoms with E-state index in [2.05, 4.69) is 0 Å². The molecule has 94 valence electrons. The minimum atomic E-state index is -0.556. The zero-order valence-corrected chi connectivity index (χ0v) is 9.93. The van der Waals surface area contributed by atoms with E-state index in [1.165, 1.54) is 6.07 Å². The van der Waals surface area contributed by atoms with Gasteiger partial charge in [-0.3, -0.25) is 10.2 Å². The van der Waals surface area contributed by atoms with E-state index in [0.717, 1.165) is 5.39 Å². The van der Waals surface area contributed by atoms with Crippen molar-refractivity contribution in [3.8, 4) is 11.5 Å². The minimum Gasteiger partial charge on any atom is -0.506 e. The SMILES string of the molecule is CCOc1cc(C(=O)NN)c(O)c2ccccc12. The lowest BCUT2D eigenvalue weighted by atomic mass is 10.0. The molecule has 5 heteroatoms. The number of aromatic hydroxyl groups is 1. The summed E-state index contributed by atoms with van der Waals surface area (Å²) in [7, 11) is 0. The molecule has 0 unspecified atom stereocenters. The van der Waals surface area contributed by atoms with Crippen LogP contribution < -0.4 is 16.0 Å². The Kier molecular flexibility index (Phi) is 3.34. The number of phenols is 1. The summed E-state index contributed by atoms with van der Waals surface area (Å²) in [6.45, 7) is 2.32. The summed E-state index contributed by atoms with van der Waals surface area (Å²) in [5.74, 6) is 4.98. The Bertz CT molecular complexity index is 596. The van der Waals surface area contributed by atoms with Crippen molar-refractivity contribution < 1.29 is 14.6 Å². The molecule has 0 bridgehead atoms. The van der Waals surface area contributed by atoms with Crippen LogP contribution in [0.25, 0.3) is 10.8 Å². The van der Waals surface area contributed by atoms with E-state index in [0.29, 0.717) is 17.7 Å². The van der Waals surface area contributed by atoms with Crippen molar-refractivity contribution >= 4 is 16.7 Å². The summed E-state index contributed by atoms with van der Waals surface area (Å²) in [6, 6.07) is 8.66. The molecule has 0 heterocycles. The van der Waals surface area contributed by atoms with Crippen molar-refractivity contribution in [2.24, 2.45) is 5.84 Å². The van der Waals surface area contributed by atoms with Gasteiger partial charge in [0.1, 0.15) is 11.5 Å². The number of carbonyl (C=O) groups is 1. The van der Waals surface area contributed by atoms with Crippen LogP contribution in [-0.4, -0.2) is 17.6 Å². The number of carbonyl (C=O) groups excluding carboxylic acids is 1. The lowest BCUT2D eigenvalue weighted by Gasteiger charge is -2.12. The number of amides is 1. The number of rotatable bonds is 3. The molecule has 4 N–H and O–H groups in total. The third-order valence-electron chi connectivity index (χ3n) is 2.65. The molecule has 0 aliphatic carbocycles. The highest BCUT2D eigenvalue weighted by Crippen LogP contribution is 2.35. The maximum atomic E-state index is 11.6. The smallest absolute Gasteiger partial charge is 0.269 e. The van der Waals surface area contributed by atoms with Gasteiger partial charge in [-0.05, 0) is 13.0 Å². The number of nitrogen functional groups attached to an aromatic ring is 1. The Balaban J connectivity index is 2.74. The van der Waals surface area contributed by atoms with Crippen LogP contribution in [0.1, 0.15) is 17.3 Å². The van der Waals surface area contributed by atoms with Crippen LogP contribution in [0.2, 0.25) is 0 Å². The number of benzene rings is 2. The Morgan fingerprint density at radius 1 is 1.39 bits per heavy atom. The van der Waals surface area contributed by atoms with Crippen molar-refractivity contribution in [1.82, 2.24) is 5.43 Å². The van der Waals surface area contributed by atoms with Gasteiger partial charge in [0.05, 0.1) is 12.2 Å². The summed E-state index contributed by atoms with van der Waals surface area (Å²) < 4.78 is 5.48. The molecule has 0 fully saturated rings. The van der Waals surface area contributed by atoms with Gasteiger partial charge in [-0.2, -0.15) is 0 Å². The van der Waals surface area contributed by atoms with E-state index in [9.17, 15) is 9.90 Å². The quantitative estimate of drug-likeness (QED) is 0.436. The van der Waals surface area contributed by atoms with Gasteiger partial charge in [0.25, 0.3) is 5.91 Å². The van der Waals surface area contributed by atoms with Crippen molar-refractivity contribution in [3.63, 3.8) is 0 Å². The predicted molar refractivity (Wildman–Crippen MR) is 68.4 cm³/mol. The van der Waals surface area contributed by atoms with E-state index in [-0.39, 0.29) is 11.3 Å². The Morgan fingerprint density at radius 2 is 2.06 bits per heavy atom. The van der Waals surface area contributed by atoms with Gasteiger partial charge in [0.2, 0.25) is 0 Å². The fraction of sp³-hybridized carbons (Fsp3) is 0.154. The molecule has 0 saturated heterocycles. The zero-order chi connectivity index (χ0) is 13.1. The average Bonchev–Trinajstić information content (AvgIpc) is 2.41. The van der Waals surface area contributed by atoms with Crippen molar-refractivity contribution in [1.29, 1.82) is 0 Å². The van der Waals surface area contributed by atoms with Crippen LogP contribution in [0.4, 0.5) is 0 Å². The Labute approximate surface area is 104 Å². The number of fused-ring (bicyclic) bond motifs is 1. The molecule has 0 spiro atoms. The highest BCUT2D eigenvalue weighted by atomic mass is 16.5. The molecule has 2 aromatic rings. The number of nitrogens with two attached hydrogens (primary N) is 1. The molecule has 0 aromatic heterocycles. The van der Waals surface area contributed by atoms with Gasteiger partial charge in [-0.15, -0.1) is 0 Å². The summed E-state index contributed by atoms with van der Waals surface area (Å²) in [4.78, 5) is 11.6. The highest BCUT2D eigenvalue weighted by Gasteiger charge is 2.16.